The minimum atomic E-state index is -1.86. The second kappa shape index (κ2) is 10.8. The van der Waals surface area contributed by atoms with E-state index in [9.17, 15) is 4.79 Å². The van der Waals surface area contributed by atoms with Gasteiger partial charge in [0, 0.05) is 28.7 Å². The van der Waals surface area contributed by atoms with E-state index in [4.69, 9.17) is 13.6 Å². The molecule has 1 spiro atoms. The number of hydrogen-bond donors (Lipinski definition) is 1. The van der Waals surface area contributed by atoms with Gasteiger partial charge in [-0.25, -0.2) is 0 Å². The lowest BCUT2D eigenvalue weighted by molar-refractivity contribution is -0.117. The van der Waals surface area contributed by atoms with Gasteiger partial charge in [0.2, 0.25) is 5.91 Å². The molecule has 4 aromatic carbocycles. The molecular formula is C38H40NO4P. The third-order valence-corrected chi connectivity index (χ3v) is 10.8. The van der Waals surface area contributed by atoms with Crippen molar-refractivity contribution in [2.75, 3.05) is 5.32 Å². The van der Waals surface area contributed by atoms with Crippen LogP contribution in [0.15, 0.2) is 97.1 Å². The number of rotatable bonds is 7. The molecule has 5 nitrogen and oxygen atoms in total. The van der Waals surface area contributed by atoms with Gasteiger partial charge in [0.25, 0.3) is 0 Å². The summed E-state index contributed by atoms with van der Waals surface area (Å²) in [6.45, 7) is 11.5. The molecule has 4 aromatic rings. The van der Waals surface area contributed by atoms with Gasteiger partial charge in [-0.1, -0.05) is 107 Å². The zero-order valence-corrected chi connectivity index (χ0v) is 27.0. The average Bonchev–Trinajstić information content (AvgIpc) is 3.36. The van der Waals surface area contributed by atoms with Gasteiger partial charge in [-0.2, -0.15) is 0 Å². The first-order valence-electron chi connectivity index (χ1n) is 15.6. The summed E-state index contributed by atoms with van der Waals surface area (Å²) in [6.07, 6.45) is 1.87. The summed E-state index contributed by atoms with van der Waals surface area (Å²) >= 11 is 0. The summed E-state index contributed by atoms with van der Waals surface area (Å²) < 4.78 is 20.5. The van der Waals surface area contributed by atoms with Gasteiger partial charge in [0.15, 0.2) is 0 Å². The number of carbonyl (C=O) groups is 1. The van der Waals surface area contributed by atoms with Gasteiger partial charge in [-0.3, -0.25) is 9.32 Å². The van der Waals surface area contributed by atoms with Crippen molar-refractivity contribution in [1.29, 1.82) is 0 Å². The molecule has 1 aliphatic heterocycles. The van der Waals surface area contributed by atoms with E-state index in [0.717, 1.165) is 35.6 Å². The van der Waals surface area contributed by atoms with Crippen molar-refractivity contribution in [2.24, 2.45) is 5.92 Å². The zero-order chi connectivity index (χ0) is 30.7. The van der Waals surface area contributed by atoms with Crippen LogP contribution in [0, 0.1) is 5.92 Å². The second-order valence-corrected chi connectivity index (χ2v) is 15.0. The Bertz CT molecular complexity index is 1630. The first-order chi connectivity index (χ1) is 21.1. The lowest BCUT2D eigenvalue weighted by atomic mass is 9.72. The molecule has 1 amide bonds. The van der Waals surface area contributed by atoms with E-state index in [1.54, 1.807) is 0 Å². The van der Waals surface area contributed by atoms with Crippen molar-refractivity contribution in [3.63, 3.8) is 0 Å². The average molecular weight is 606 g/mol. The Hall–Kier alpha value is -3.66. The SMILES string of the molecule is C[C@@H](CC(=O)Nc1ccccc1)[C@@H](OP1Oc2cccc3c2C2(CC3(C)C)CC(C)(C)c3cccc(c32)O1)c1ccccc1. The molecule has 1 N–H and O–H groups in total. The number of benzene rings is 4. The van der Waals surface area contributed by atoms with Crippen LogP contribution in [-0.4, -0.2) is 5.91 Å². The van der Waals surface area contributed by atoms with Crippen LogP contribution in [-0.2, 0) is 25.6 Å². The van der Waals surface area contributed by atoms with E-state index >= 15 is 0 Å². The molecule has 0 radical (unpaired) electrons. The predicted octanol–water partition coefficient (Wildman–Crippen LogP) is 9.76. The summed E-state index contributed by atoms with van der Waals surface area (Å²) in [6, 6.07) is 32.6. The molecule has 3 aliphatic rings. The molecular weight excluding hydrogens is 565 g/mol. The molecule has 0 unspecified atom stereocenters. The molecule has 2 aliphatic carbocycles. The summed E-state index contributed by atoms with van der Waals surface area (Å²) in [5.74, 6) is 1.48. The van der Waals surface area contributed by atoms with E-state index in [2.05, 4.69) is 76.3 Å². The Morgan fingerprint density at radius 1 is 0.773 bits per heavy atom. The molecule has 0 bridgehead atoms. The van der Waals surface area contributed by atoms with Gasteiger partial charge >= 0.3 is 8.60 Å². The van der Waals surface area contributed by atoms with Crippen molar-refractivity contribution >= 4 is 20.2 Å². The Balaban J connectivity index is 1.27. The smallest absolute Gasteiger partial charge is 0.417 e. The molecule has 0 fully saturated rings. The normalized spacial score (nSPS) is 19.8. The molecule has 6 heteroatoms. The van der Waals surface area contributed by atoms with Gasteiger partial charge in [0.05, 0.1) is 6.10 Å². The summed E-state index contributed by atoms with van der Waals surface area (Å²) in [4.78, 5) is 13.1. The zero-order valence-electron chi connectivity index (χ0n) is 26.1. The maximum absolute atomic E-state index is 13.1. The predicted molar refractivity (Wildman–Crippen MR) is 176 cm³/mol. The molecule has 2 atom stereocenters. The minimum absolute atomic E-state index is 0.0132. The lowest BCUT2D eigenvalue weighted by Crippen LogP contribution is -2.28. The summed E-state index contributed by atoms with van der Waals surface area (Å²) in [7, 11) is -1.86. The maximum atomic E-state index is 13.1. The van der Waals surface area contributed by atoms with Crippen LogP contribution in [0.3, 0.4) is 0 Å². The fourth-order valence-corrected chi connectivity index (χ4v) is 9.42. The number of para-hydroxylation sites is 1. The highest BCUT2D eigenvalue weighted by Crippen LogP contribution is 2.68. The van der Waals surface area contributed by atoms with Crippen molar-refractivity contribution < 1.29 is 18.4 Å². The van der Waals surface area contributed by atoms with Gasteiger partial charge in [-0.05, 0) is 70.5 Å². The third-order valence-electron chi connectivity index (χ3n) is 9.71. The minimum Gasteiger partial charge on any atom is -0.417 e. The van der Waals surface area contributed by atoms with Crippen LogP contribution in [0.4, 0.5) is 5.69 Å². The molecule has 1 heterocycles. The largest absolute Gasteiger partial charge is 0.463 e. The van der Waals surface area contributed by atoms with Crippen LogP contribution in [0.5, 0.6) is 11.5 Å². The van der Waals surface area contributed by atoms with Gasteiger partial charge < -0.3 is 14.4 Å². The van der Waals surface area contributed by atoms with Crippen LogP contribution in [0.1, 0.15) is 87.8 Å². The van der Waals surface area contributed by atoms with E-state index in [1.807, 2.05) is 60.7 Å². The Morgan fingerprint density at radius 3 is 1.84 bits per heavy atom. The summed E-state index contributed by atoms with van der Waals surface area (Å²) in [5, 5.41) is 3.03. The van der Waals surface area contributed by atoms with Gasteiger partial charge in [-0.15, -0.1) is 0 Å². The molecule has 0 aromatic heterocycles. The van der Waals surface area contributed by atoms with Crippen LogP contribution < -0.4 is 14.4 Å². The van der Waals surface area contributed by atoms with E-state index in [1.165, 1.54) is 22.3 Å². The fraction of sp³-hybridized carbons (Fsp3) is 0.342. The van der Waals surface area contributed by atoms with Crippen molar-refractivity contribution in [3.8, 4) is 11.5 Å². The van der Waals surface area contributed by atoms with Crippen molar-refractivity contribution in [2.45, 2.75) is 76.2 Å². The highest BCUT2D eigenvalue weighted by atomic mass is 31.2. The number of hydrogen-bond acceptors (Lipinski definition) is 4. The highest BCUT2D eigenvalue weighted by molar-refractivity contribution is 7.42. The van der Waals surface area contributed by atoms with E-state index < -0.39 is 14.7 Å². The van der Waals surface area contributed by atoms with Gasteiger partial charge in [0.1, 0.15) is 11.5 Å². The number of anilines is 1. The van der Waals surface area contributed by atoms with E-state index in [0.29, 0.717) is 0 Å². The topological polar surface area (TPSA) is 56.8 Å². The Labute approximate surface area is 262 Å². The maximum Gasteiger partial charge on any atom is 0.463 e. The second-order valence-electron chi connectivity index (χ2n) is 14.0. The first kappa shape index (κ1) is 29.1. The quantitative estimate of drug-likeness (QED) is 0.213. The van der Waals surface area contributed by atoms with E-state index in [-0.39, 0.29) is 34.5 Å². The number of carbonyl (C=O) groups excluding carboxylic acids is 1. The Kier molecular flexibility index (Phi) is 7.10. The molecule has 7 rings (SSSR count). The molecule has 44 heavy (non-hydrogen) atoms. The fourth-order valence-electron chi connectivity index (χ4n) is 8.15. The molecule has 226 valence electrons. The highest BCUT2D eigenvalue weighted by Gasteiger charge is 2.59. The van der Waals surface area contributed by atoms with Crippen LogP contribution in [0.25, 0.3) is 0 Å². The third kappa shape index (κ3) is 4.91. The first-order valence-corrected chi connectivity index (χ1v) is 16.7. The summed E-state index contributed by atoms with van der Waals surface area (Å²) in [5.41, 5.74) is 6.81. The lowest BCUT2D eigenvalue weighted by Gasteiger charge is -2.35. The van der Waals surface area contributed by atoms with Crippen molar-refractivity contribution in [1.82, 2.24) is 0 Å². The van der Waals surface area contributed by atoms with Crippen LogP contribution >= 0.6 is 8.60 Å². The van der Waals surface area contributed by atoms with Crippen molar-refractivity contribution in [3.05, 3.63) is 125 Å². The monoisotopic (exact) mass is 605 g/mol. The number of amides is 1. The molecule has 0 saturated carbocycles. The number of nitrogens with one attached hydrogen (secondary N) is 1. The standard InChI is InChI=1S/C38H40NO4P/c1-25(22-32(40)39-27-16-10-7-11-17-27)35(26-14-8-6-9-15-26)43-44-41-30-20-12-18-28-33(30)38(23-36(28,2)3)24-37(4,5)29-19-13-21-31(42-44)34(29)38/h6-21,25,35H,22-24H2,1-5H3,(H,39,40)/t25-,35+,38?/m0/s1. The van der Waals surface area contributed by atoms with Crippen LogP contribution in [0.2, 0.25) is 0 Å². The Morgan fingerprint density at radius 2 is 1.30 bits per heavy atom. The molecule has 0 saturated heterocycles.